The first-order valence-corrected chi connectivity index (χ1v) is 5.27. The third kappa shape index (κ3) is 3.14. The zero-order valence-electron chi connectivity index (χ0n) is 9.20. The number of piperazine rings is 1. The minimum atomic E-state index is 0.0641. The molecule has 3 nitrogen and oxygen atoms in total. The standard InChI is InChI=1S/C11H20N2O/c1-4-11(14)13-7-5-12(6-8-13)9-10(2)3/h4,10H,1,5-9H2,2-3H3. The SMILES string of the molecule is C=CC(=O)N1CCN(CC(C)C)CC1. The maximum Gasteiger partial charge on any atom is 0.246 e. The van der Waals surface area contributed by atoms with Crippen molar-refractivity contribution < 1.29 is 4.79 Å². The summed E-state index contributed by atoms with van der Waals surface area (Å²) < 4.78 is 0. The molecule has 0 aromatic carbocycles. The largest absolute Gasteiger partial charge is 0.337 e. The van der Waals surface area contributed by atoms with E-state index in [9.17, 15) is 4.79 Å². The van der Waals surface area contributed by atoms with E-state index in [4.69, 9.17) is 0 Å². The number of hydrogen-bond donors (Lipinski definition) is 0. The number of nitrogens with zero attached hydrogens (tertiary/aromatic N) is 2. The van der Waals surface area contributed by atoms with E-state index < -0.39 is 0 Å². The monoisotopic (exact) mass is 196 g/mol. The van der Waals surface area contributed by atoms with Gasteiger partial charge in [0.2, 0.25) is 5.91 Å². The Kier molecular flexibility index (Phi) is 4.14. The van der Waals surface area contributed by atoms with Crippen molar-refractivity contribution in [1.29, 1.82) is 0 Å². The third-order valence-electron chi connectivity index (χ3n) is 2.48. The van der Waals surface area contributed by atoms with Gasteiger partial charge in [-0.3, -0.25) is 9.69 Å². The molecule has 80 valence electrons. The van der Waals surface area contributed by atoms with Crippen molar-refractivity contribution in [2.45, 2.75) is 13.8 Å². The number of amides is 1. The van der Waals surface area contributed by atoms with Gasteiger partial charge in [-0.15, -0.1) is 0 Å². The number of rotatable bonds is 3. The van der Waals surface area contributed by atoms with Gasteiger partial charge in [-0.25, -0.2) is 0 Å². The van der Waals surface area contributed by atoms with Crippen LogP contribution < -0.4 is 0 Å². The molecule has 0 atom stereocenters. The summed E-state index contributed by atoms with van der Waals surface area (Å²) in [7, 11) is 0. The molecule has 0 saturated carbocycles. The highest BCUT2D eigenvalue weighted by molar-refractivity contribution is 5.87. The summed E-state index contributed by atoms with van der Waals surface area (Å²) in [5.74, 6) is 0.769. The normalized spacial score (nSPS) is 18.6. The Morgan fingerprint density at radius 1 is 1.36 bits per heavy atom. The van der Waals surface area contributed by atoms with Crippen molar-refractivity contribution in [2.75, 3.05) is 32.7 Å². The zero-order valence-corrected chi connectivity index (χ0v) is 9.20. The molecule has 1 rings (SSSR count). The highest BCUT2D eigenvalue weighted by Crippen LogP contribution is 2.05. The fraction of sp³-hybridized carbons (Fsp3) is 0.727. The van der Waals surface area contributed by atoms with Crippen LogP contribution in [-0.2, 0) is 4.79 Å². The van der Waals surface area contributed by atoms with E-state index in [-0.39, 0.29) is 5.91 Å². The van der Waals surface area contributed by atoms with Gasteiger partial charge in [-0.1, -0.05) is 20.4 Å². The van der Waals surface area contributed by atoms with Gasteiger partial charge in [0.05, 0.1) is 0 Å². The second-order valence-electron chi connectivity index (χ2n) is 4.22. The number of hydrogen-bond acceptors (Lipinski definition) is 2. The fourth-order valence-electron chi connectivity index (χ4n) is 1.80. The van der Waals surface area contributed by atoms with Crippen molar-refractivity contribution in [1.82, 2.24) is 9.80 Å². The van der Waals surface area contributed by atoms with E-state index in [2.05, 4.69) is 25.3 Å². The lowest BCUT2D eigenvalue weighted by atomic mass is 10.2. The summed E-state index contributed by atoms with van der Waals surface area (Å²) in [6.45, 7) is 12.8. The summed E-state index contributed by atoms with van der Waals surface area (Å²) in [5.41, 5.74) is 0. The number of carbonyl (C=O) groups excluding carboxylic acids is 1. The summed E-state index contributed by atoms with van der Waals surface area (Å²) in [6, 6.07) is 0. The van der Waals surface area contributed by atoms with Crippen LogP contribution in [0.15, 0.2) is 12.7 Å². The second-order valence-corrected chi connectivity index (χ2v) is 4.22. The maximum absolute atomic E-state index is 11.3. The van der Waals surface area contributed by atoms with Crippen molar-refractivity contribution in [3.63, 3.8) is 0 Å². The van der Waals surface area contributed by atoms with E-state index in [1.54, 1.807) is 0 Å². The first-order valence-electron chi connectivity index (χ1n) is 5.27. The molecule has 1 aliphatic heterocycles. The van der Waals surface area contributed by atoms with Crippen molar-refractivity contribution in [3.8, 4) is 0 Å². The van der Waals surface area contributed by atoms with Crippen LogP contribution in [0, 0.1) is 5.92 Å². The lowest BCUT2D eigenvalue weighted by Crippen LogP contribution is -2.49. The Hall–Kier alpha value is -0.830. The van der Waals surface area contributed by atoms with Gasteiger partial charge in [0.1, 0.15) is 0 Å². The van der Waals surface area contributed by atoms with Crippen LogP contribution in [0.1, 0.15) is 13.8 Å². The molecule has 3 heteroatoms. The van der Waals surface area contributed by atoms with E-state index in [0.717, 1.165) is 32.7 Å². The van der Waals surface area contributed by atoms with Crippen LogP contribution in [-0.4, -0.2) is 48.4 Å². The lowest BCUT2D eigenvalue weighted by molar-refractivity contribution is -0.127. The zero-order chi connectivity index (χ0) is 10.6. The molecule has 1 aliphatic rings. The van der Waals surface area contributed by atoms with Gasteiger partial charge in [0.25, 0.3) is 0 Å². The molecular formula is C11H20N2O. The molecule has 0 aromatic rings. The van der Waals surface area contributed by atoms with Crippen molar-refractivity contribution in [2.24, 2.45) is 5.92 Å². The predicted molar refractivity (Wildman–Crippen MR) is 58.1 cm³/mol. The fourth-order valence-corrected chi connectivity index (χ4v) is 1.80. The van der Waals surface area contributed by atoms with Crippen LogP contribution in [0.5, 0.6) is 0 Å². The molecule has 1 heterocycles. The Bertz CT molecular complexity index is 205. The Morgan fingerprint density at radius 2 is 1.93 bits per heavy atom. The summed E-state index contributed by atoms with van der Waals surface area (Å²) in [4.78, 5) is 15.6. The molecule has 1 fully saturated rings. The maximum atomic E-state index is 11.3. The average Bonchev–Trinajstić information content (AvgIpc) is 2.17. The van der Waals surface area contributed by atoms with E-state index >= 15 is 0 Å². The van der Waals surface area contributed by atoms with Gasteiger partial charge in [0, 0.05) is 32.7 Å². The van der Waals surface area contributed by atoms with Crippen LogP contribution >= 0.6 is 0 Å². The van der Waals surface area contributed by atoms with Crippen molar-refractivity contribution in [3.05, 3.63) is 12.7 Å². The van der Waals surface area contributed by atoms with Gasteiger partial charge in [-0.2, -0.15) is 0 Å². The topological polar surface area (TPSA) is 23.6 Å². The van der Waals surface area contributed by atoms with Crippen LogP contribution in [0.4, 0.5) is 0 Å². The lowest BCUT2D eigenvalue weighted by Gasteiger charge is -2.35. The Morgan fingerprint density at radius 3 is 2.36 bits per heavy atom. The van der Waals surface area contributed by atoms with Crippen molar-refractivity contribution >= 4 is 5.91 Å². The molecule has 1 amide bonds. The Balaban J connectivity index is 2.31. The van der Waals surface area contributed by atoms with E-state index in [0.29, 0.717) is 5.92 Å². The van der Waals surface area contributed by atoms with Crippen LogP contribution in [0.25, 0.3) is 0 Å². The molecule has 0 aromatic heterocycles. The molecule has 0 N–H and O–H groups in total. The summed E-state index contributed by atoms with van der Waals surface area (Å²) in [5, 5.41) is 0. The van der Waals surface area contributed by atoms with E-state index in [1.165, 1.54) is 6.08 Å². The second kappa shape index (κ2) is 5.15. The molecule has 0 radical (unpaired) electrons. The molecule has 0 spiro atoms. The number of carbonyl (C=O) groups is 1. The Labute approximate surface area is 86.4 Å². The molecular weight excluding hydrogens is 176 g/mol. The van der Waals surface area contributed by atoms with Gasteiger partial charge >= 0.3 is 0 Å². The van der Waals surface area contributed by atoms with Crippen LogP contribution in [0.3, 0.4) is 0 Å². The van der Waals surface area contributed by atoms with Gasteiger partial charge in [-0.05, 0) is 12.0 Å². The summed E-state index contributed by atoms with van der Waals surface area (Å²) >= 11 is 0. The first kappa shape index (κ1) is 11.2. The highest BCUT2D eigenvalue weighted by atomic mass is 16.2. The summed E-state index contributed by atoms with van der Waals surface area (Å²) in [6.07, 6.45) is 1.40. The third-order valence-corrected chi connectivity index (χ3v) is 2.48. The smallest absolute Gasteiger partial charge is 0.246 e. The van der Waals surface area contributed by atoms with Gasteiger partial charge in [0.15, 0.2) is 0 Å². The average molecular weight is 196 g/mol. The molecule has 14 heavy (non-hydrogen) atoms. The van der Waals surface area contributed by atoms with E-state index in [1.807, 2.05) is 4.90 Å². The molecule has 0 bridgehead atoms. The predicted octanol–water partition coefficient (Wildman–Crippen LogP) is 0.973. The highest BCUT2D eigenvalue weighted by Gasteiger charge is 2.19. The minimum absolute atomic E-state index is 0.0641. The van der Waals surface area contributed by atoms with Gasteiger partial charge < -0.3 is 4.90 Å². The molecule has 0 aliphatic carbocycles. The quantitative estimate of drug-likeness (QED) is 0.628. The molecule has 0 unspecified atom stereocenters. The molecule has 1 saturated heterocycles. The van der Waals surface area contributed by atoms with Crippen LogP contribution in [0.2, 0.25) is 0 Å². The minimum Gasteiger partial charge on any atom is -0.337 e. The first-order chi connectivity index (χ1) is 6.63.